The summed E-state index contributed by atoms with van der Waals surface area (Å²) in [4.78, 5) is 7.03. The topological polar surface area (TPSA) is 24.8 Å². The van der Waals surface area contributed by atoms with E-state index in [1.807, 2.05) is 0 Å². The quantitative estimate of drug-likeness (QED) is 0.306. The Morgan fingerprint density at radius 2 is 2.57 bits per heavy atom. The van der Waals surface area contributed by atoms with Crippen molar-refractivity contribution in [2.75, 3.05) is 26.7 Å². The van der Waals surface area contributed by atoms with Crippen LogP contribution in [0.5, 0.6) is 0 Å². The van der Waals surface area contributed by atoms with E-state index in [1.165, 1.54) is 5.57 Å². The van der Waals surface area contributed by atoms with Gasteiger partial charge in [0.2, 0.25) is 0 Å². The van der Waals surface area contributed by atoms with Crippen LogP contribution >= 0.6 is 12.4 Å². The third kappa shape index (κ3) is 4.90. The number of nitrogens with zero attached hydrogens (tertiary/aromatic N) is 2. The molecule has 1 rings (SSSR count). The maximum absolute atomic E-state index is 5.00. The zero-order valence-electron chi connectivity index (χ0n) is 8.27. The number of rotatable bonds is 3. The van der Waals surface area contributed by atoms with Gasteiger partial charge >= 0.3 is 0 Å². The van der Waals surface area contributed by atoms with E-state index in [0.29, 0.717) is 0 Å². The summed E-state index contributed by atoms with van der Waals surface area (Å²) in [7, 11) is 2.09. The lowest BCUT2D eigenvalue weighted by molar-refractivity contribution is 0.181. The van der Waals surface area contributed by atoms with E-state index in [1.54, 1.807) is 6.21 Å². The minimum absolute atomic E-state index is 0. The van der Waals surface area contributed by atoms with Gasteiger partial charge in [-0.2, -0.15) is 0 Å². The molecule has 0 fully saturated rings. The highest BCUT2D eigenvalue weighted by molar-refractivity contribution is 5.85. The molecule has 0 amide bonds. The first-order chi connectivity index (χ1) is 6.33. The third-order valence-electron chi connectivity index (χ3n) is 1.81. The molecule has 1 aliphatic rings. The van der Waals surface area contributed by atoms with Crippen molar-refractivity contribution in [1.29, 1.82) is 0 Å². The molecule has 0 aromatic carbocycles. The van der Waals surface area contributed by atoms with Crippen LogP contribution in [0.3, 0.4) is 0 Å². The van der Waals surface area contributed by atoms with Crippen LogP contribution < -0.4 is 0 Å². The van der Waals surface area contributed by atoms with Crippen LogP contribution in [-0.4, -0.2) is 37.9 Å². The maximum atomic E-state index is 5.00. The monoisotopic (exact) mass is 214 g/mol. The number of terminal acetylenes is 1. The Hall–Kier alpha value is -0.980. The average molecular weight is 215 g/mol. The van der Waals surface area contributed by atoms with Gasteiger partial charge in [-0.15, -0.1) is 18.8 Å². The molecule has 4 heteroatoms. The number of oxime groups is 1. The van der Waals surface area contributed by atoms with Crippen LogP contribution in [0.25, 0.3) is 0 Å². The molecule has 78 valence electrons. The fourth-order valence-electron chi connectivity index (χ4n) is 1.20. The van der Waals surface area contributed by atoms with Gasteiger partial charge in [-0.3, -0.25) is 0 Å². The van der Waals surface area contributed by atoms with Crippen LogP contribution in [0.2, 0.25) is 0 Å². The highest BCUT2D eigenvalue weighted by Crippen LogP contribution is 2.04. The Labute approximate surface area is 91.2 Å². The second-order valence-electron chi connectivity index (χ2n) is 3.02. The number of halogens is 1. The molecule has 0 N–H and O–H groups in total. The van der Waals surface area contributed by atoms with E-state index < -0.39 is 0 Å². The molecule has 0 radical (unpaired) electrons. The second-order valence-corrected chi connectivity index (χ2v) is 3.02. The van der Waals surface area contributed by atoms with Crippen LogP contribution in [0.4, 0.5) is 0 Å². The van der Waals surface area contributed by atoms with Gasteiger partial charge in [-0.25, -0.2) is 0 Å². The van der Waals surface area contributed by atoms with E-state index in [9.17, 15) is 0 Å². The van der Waals surface area contributed by atoms with Gasteiger partial charge in [-0.1, -0.05) is 17.2 Å². The van der Waals surface area contributed by atoms with E-state index in [-0.39, 0.29) is 19.0 Å². The molecule has 0 aromatic rings. The van der Waals surface area contributed by atoms with Gasteiger partial charge in [0.15, 0.2) is 6.61 Å². The molecular formula is C10H15ClN2O. The molecule has 0 saturated carbocycles. The van der Waals surface area contributed by atoms with Gasteiger partial charge in [-0.05, 0) is 19.0 Å². The summed E-state index contributed by atoms with van der Waals surface area (Å²) in [5, 5.41) is 3.76. The summed E-state index contributed by atoms with van der Waals surface area (Å²) in [5.41, 5.74) is 1.19. The molecule has 0 unspecified atom stereocenters. The largest absolute Gasteiger partial charge is 0.383 e. The minimum atomic E-state index is 0. The number of likely N-dealkylation sites (N-methyl/N-ethyl adjacent to an activating group) is 1. The van der Waals surface area contributed by atoms with Crippen LogP contribution in [0.1, 0.15) is 6.42 Å². The maximum Gasteiger partial charge on any atom is 0.177 e. The summed E-state index contributed by atoms with van der Waals surface area (Å²) in [6.07, 6.45) is 9.97. The third-order valence-corrected chi connectivity index (χ3v) is 1.81. The van der Waals surface area contributed by atoms with E-state index in [4.69, 9.17) is 11.3 Å². The molecule has 1 heterocycles. The first-order valence-electron chi connectivity index (χ1n) is 4.29. The fraction of sp³-hybridized carbons (Fsp3) is 0.500. The summed E-state index contributed by atoms with van der Waals surface area (Å²) in [6.45, 7) is 2.28. The van der Waals surface area contributed by atoms with Gasteiger partial charge in [0.05, 0.1) is 6.21 Å². The van der Waals surface area contributed by atoms with Gasteiger partial charge in [0.25, 0.3) is 0 Å². The molecule has 0 atom stereocenters. The van der Waals surface area contributed by atoms with Gasteiger partial charge in [0, 0.05) is 13.1 Å². The van der Waals surface area contributed by atoms with Crippen LogP contribution in [0, 0.1) is 12.3 Å². The highest BCUT2D eigenvalue weighted by Gasteiger charge is 2.05. The van der Waals surface area contributed by atoms with Gasteiger partial charge in [0.1, 0.15) is 0 Å². The lowest BCUT2D eigenvalue weighted by Gasteiger charge is -2.20. The van der Waals surface area contributed by atoms with Crippen molar-refractivity contribution in [3.05, 3.63) is 11.6 Å². The van der Waals surface area contributed by atoms with Crippen LogP contribution in [0.15, 0.2) is 16.8 Å². The molecule has 0 saturated heterocycles. The second kappa shape index (κ2) is 7.43. The van der Waals surface area contributed by atoms with Crippen molar-refractivity contribution in [1.82, 2.24) is 4.90 Å². The summed E-state index contributed by atoms with van der Waals surface area (Å²) in [5.74, 6) is 2.35. The lowest BCUT2D eigenvalue weighted by atomic mass is 10.1. The molecule has 0 spiro atoms. The summed E-state index contributed by atoms with van der Waals surface area (Å²) < 4.78 is 0. The van der Waals surface area contributed by atoms with Crippen molar-refractivity contribution >= 4 is 18.6 Å². The van der Waals surface area contributed by atoms with E-state index >= 15 is 0 Å². The first kappa shape index (κ1) is 13.0. The number of hydrogen-bond donors (Lipinski definition) is 0. The van der Waals surface area contributed by atoms with E-state index in [2.05, 4.69) is 29.1 Å². The highest BCUT2D eigenvalue weighted by atomic mass is 35.5. The molecular weight excluding hydrogens is 200 g/mol. The normalized spacial score (nSPS) is 17.0. The fourth-order valence-corrected chi connectivity index (χ4v) is 1.20. The Balaban J connectivity index is 0.00000169. The smallest absolute Gasteiger partial charge is 0.177 e. The average Bonchev–Trinajstić information content (AvgIpc) is 2.13. The van der Waals surface area contributed by atoms with Crippen LogP contribution in [-0.2, 0) is 4.84 Å². The molecule has 0 aliphatic carbocycles. The molecule has 1 aliphatic heterocycles. The number of hydrogen-bond acceptors (Lipinski definition) is 3. The molecule has 0 aromatic heterocycles. The molecule has 0 bridgehead atoms. The first-order valence-corrected chi connectivity index (χ1v) is 4.29. The summed E-state index contributed by atoms with van der Waals surface area (Å²) in [6, 6.07) is 0. The minimum Gasteiger partial charge on any atom is -0.383 e. The van der Waals surface area contributed by atoms with Crippen molar-refractivity contribution in [3.8, 4) is 12.3 Å². The Morgan fingerprint density at radius 3 is 3.21 bits per heavy atom. The van der Waals surface area contributed by atoms with E-state index in [0.717, 1.165) is 19.5 Å². The van der Waals surface area contributed by atoms with Crippen molar-refractivity contribution in [2.24, 2.45) is 5.16 Å². The standard InChI is InChI=1S/C10H14N2O.ClH/c1-3-7-13-11-8-10-5-4-6-12(2)9-10;/h1,5,8H,4,6-7,9H2,2H3;1H/b11-8+;. The zero-order valence-corrected chi connectivity index (χ0v) is 9.09. The Kier molecular flexibility index (Phi) is 6.91. The van der Waals surface area contributed by atoms with Crippen molar-refractivity contribution < 1.29 is 4.84 Å². The SMILES string of the molecule is C#CCO/N=C/C1=CCCN(C)C1.Cl. The van der Waals surface area contributed by atoms with Crippen molar-refractivity contribution in [2.45, 2.75) is 6.42 Å². The Morgan fingerprint density at radius 1 is 1.79 bits per heavy atom. The predicted molar refractivity (Wildman–Crippen MR) is 60.7 cm³/mol. The predicted octanol–water partition coefficient (Wildman–Crippen LogP) is 1.31. The van der Waals surface area contributed by atoms with Crippen molar-refractivity contribution in [3.63, 3.8) is 0 Å². The zero-order chi connectivity index (χ0) is 9.52. The van der Waals surface area contributed by atoms with Gasteiger partial charge < -0.3 is 9.74 Å². The Bertz CT molecular complexity index is 255. The molecule has 14 heavy (non-hydrogen) atoms. The lowest BCUT2D eigenvalue weighted by Crippen LogP contribution is -2.25. The molecule has 3 nitrogen and oxygen atoms in total. The summed E-state index contributed by atoms with van der Waals surface area (Å²) >= 11 is 0.